The monoisotopic (exact) mass is 382 g/mol. The van der Waals surface area contributed by atoms with Gasteiger partial charge in [-0.3, -0.25) is 10.1 Å². The topological polar surface area (TPSA) is 44.9 Å². The van der Waals surface area contributed by atoms with Crippen molar-refractivity contribution in [2.24, 2.45) is 0 Å². The standard InChI is InChI=1S/C26H26N2O/c1-3-20-10-7-11-22-23(17-28-24(20)22)26(29)25(21-8-5-4-6-9-21)27-16-19-14-12-18(2)13-15-19/h4-15,17,25,27-28H,3,16H2,1-2H3/t25-/m0/s1. The molecule has 4 rings (SSSR count). The fraction of sp³-hybridized carbons (Fsp3) is 0.192. The van der Waals surface area contributed by atoms with E-state index in [1.807, 2.05) is 48.7 Å². The van der Waals surface area contributed by atoms with Crippen molar-refractivity contribution >= 4 is 16.7 Å². The van der Waals surface area contributed by atoms with Gasteiger partial charge in [0.15, 0.2) is 5.78 Å². The maximum absolute atomic E-state index is 13.6. The maximum Gasteiger partial charge on any atom is 0.186 e. The van der Waals surface area contributed by atoms with Crippen LogP contribution in [0.15, 0.2) is 79.0 Å². The van der Waals surface area contributed by atoms with Crippen LogP contribution in [-0.4, -0.2) is 10.8 Å². The van der Waals surface area contributed by atoms with Gasteiger partial charge in [-0.15, -0.1) is 0 Å². The number of aryl methyl sites for hydroxylation is 2. The van der Waals surface area contributed by atoms with Crippen LogP contribution in [0.1, 0.15) is 45.6 Å². The number of rotatable bonds is 7. The molecule has 146 valence electrons. The van der Waals surface area contributed by atoms with Gasteiger partial charge in [-0.05, 0) is 30.0 Å². The summed E-state index contributed by atoms with van der Waals surface area (Å²) in [7, 11) is 0. The molecule has 29 heavy (non-hydrogen) atoms. The van der Waals surface area contributed by atoms with Gasteiger partial charge in [0.25, 0.3) is 0 Å². The first-order valence-corrected chi connectivity index (χ1v) is 10.1. The molecule has 1 heterocycles. The third-order valence-corrected chi connectivity index (χ3v) is 5.47. The number of nitrogens with one attached hydrogen (secondary N) is 2. The van der Waals surface area contributed by atoms with E-state index < -0.39 is 6.04 Å². The summed E-state index contributed by atoms with van der Waals surface area (Å²) in [6.45, 7) is 4.84. The SMILES string of the molecule is CCc1cccc2c(C(=O)[C@@H](NCc3ccc(C)cc3)c3ccccc3)c[nH]c12. The minimum atomic E-state index is -0.401. The zero-order valence-corrected chi connectivity index (χ0v) is 16.9. The molecule has 0 unspecified atom stereocenters. The normalized spacial score (nSPS) is 12.2. The number of carbonyl (C=O) groups excluding carboxylic acids is 1. The number of H-pyrrole nitrogens is 1. The van der Waals surface area contributed by atoms with E-state index in [0.717, 1.165) is 34.0 Å². The maximum atomic E-state index is 13.6. The summed E-state index contributed by atoms with van der Waals surface area (Å²) in [6, 6.07) is 24.1. The molecule has 0 radical (unpaired) electrons. The van der Waals surface area contributed by atoms with Gasteiger partial charge in [0.2, 0.25) is 0 Å². The molecule has 0 saturated heterocycles. The largest absolute Gasteiger partial charge is 0.360 e. The fourth-order valence-electron chi connectivity index (χ4n) is 3.80. The van der Waals surface area contributed by atoms with Crippen molar-refractivity contribution in [3.63, 3.8) is 0 Å². The zero-order valence-electron chi connectivity index (χ0n) is 16.9. The second kappa shape index (κ2) is 8.46. The van der Waals surface area contributed by atoms with Crippen LogP contribution in [-0.2, 0) is 13.0 Å². The fourth-order valence-corrected chi connectivity index (χ4v) is 3.80. The predicted molar refractivity (Wildman–Crippen MR) is 119 cm³/mol. The second-order valence-electron chi connectivity index (χ2n) is 7.47. The van der Waals surface area contributed by atoms with Gasteiger partial charge in [0, 0.05) is 29.2 Å². The Hall–Kier alpha value is -3.17. The summed E-state index contributed by atoms with van der Waals surface area (Å²) in [6.07, 6.45) is 2.79. The van der Waals surface area contributed by atoms with E-state index in [2.05, 4.69) is 54.5 Å². The molecular weight excluding hydrogens is 356 g/mol. The van der Waals surface area contributed by atoms with Crippen molar-refractivity contribution in [3.05, 3.63) is 107 Å². The van der Waals surface area contributed by atoms with Crippen LogP contribution in [0.5, 0.6) is 0 Å². The van der Waals surface area contributed by atoms with Crippen molar-refractivity contribution in [2.45, 2.75) is 32.9 Å². The Morgan fingerprint density at radius 3 is 2.45 bits per heavy atom. The Labute approximate surface area is 171 Å². The van der Waals surface area contributed by atoms with Gasteiger partial charge in [-0.25, -0.2) is 0 Å². The number of benzene rings is 3. The number of ketones is 1. The minimum absolute atomic E-state index is 0.0859. The van der Waals surface area contributed by atoms with E-state index in [9.17, 15) is 4.79 Å². The summed E-state index contributed by atoms with van der Waals surface area (Å²) in [5.41, 5.74) is 6.40. The number of carbonyl (C=O) groups is 1. The van der Waals surface area contributed by atoms with E-state index >= 15 is 0 Å². The summed E-state index contributed by atoms with van der Waals surface area (Å²) in [5, 5.41) is 4.48. The van der Waals surface area contributed by atoms with Gasteiger partial charge in [0.1, 0.15) is 0 Å². The van der Waals surface area contributed by atoms with Crippen LogP contribution in [0.4, 0.5) is 0 Å². The Balaban J connectivity index is 1.67. The predicted octanol–water partition coefficient (Wildman–Crippen LogP) is 5.75. The van der Waals surface area contributed by atoms with Crippen molar-refractivity contribution in [1.82, 2.24) is 10.3 Å². The lowest BCUT2D eigenvalue weighted by atomic mass is 9.96. The highest BCUT2D eigenvalue weighted by molar-refractivity contribution is 6.11. The summed E-state index contributed by atoms with van der Waals surface area (Å²) >= 11 is 0. The molecular formula is C26H26N2O. The lowest BCUT2D eigenvalue weighted by Crippen LogP contribution is -2.28. The molecule has 0 aliphatic carbocycles. The van der Waals surface area contributed by atoms with Crippen molar-refractivity contribution < 1.29 is 4.79 Å². The van der Waals surface area contributed by atoms with Gasteiger partial charge >= 0.3 is 0 Å². The van der Waals surface area contributed by atoms with Crippen LogP contribution >= 0.6 is 0 Å². The van der Waals surface area contributed by atoms with Gasteiger partial charge in [0.05, 0.1) is 6.04 Å². The Morgan fingerprint density at radius 1 is 0.966 bits per heavy atom. The Bertz CT molecular complexity index is 1110. The van der Waals surface area contributed by atoms with E-state index in [-0.39, 0.29) is 5.78 Å². The van der Waals surface area contributed by atoms with E-state index in [1.165, 1.54) is 11.1 Å². The Kier molecular flexibility index (Phi) is 5.59. The lowest BCUT2D eigenvalue weighted by molar-refractivity contribution is 0.0943. The van der Waals surface area contributed by atoms with Crippen molar-refractivity contribution in [1.29, 1.82) is 0 Å². The minimum Gasteiger partial charge on any atom is -0.360 e. The number of para-hydroxylation sites is 1. The number of aromatic nitrogens is 1. The third-order valence-electron chi connectivity index (χ3n) is 5.47. The molecule has 3 aromatic carbocycles. The van der Waals surface area contributed by atoms with Crippen LogP contribution in [0, 0.1) is 6.92 Å². The molecule has 2 N–H and O–H groups in total. The third kappa shape index (κ3) is 4.01. The molecule has 0 saturated carbocycles. The number of hydrogen-bond acceptors (Lipinski definition) is 2. The summed E-state index contributed by atoms with van der Waals surface area (Å²) < 4.78 is 0. The molecule has 0 spiro atoms. The van der Waals surface area contributed by atoms with Crippen molar-refractivity contribution in [2.75, 3.05) is 0 Å². The number of hydrogen-bond donors (Lipinski definition) is 2. The molecule has 0 bridgehead atoms. The molecule has 0 fully saturated rings. The van der Waals surface area contributed by atoms with Gasteiger partial charge in [-0.2, -0.15) is 0 Å². The van der Waals surface area contributed by atoms with E-state index in [1.54, 1.807) is 0 Å². The number of fused-ring (bicyclic) bond motifs is 1. The van der Waals surface area contributed by atoms with Crippen molar-refractivity contribution in [3.8, 4) is 0 Å². The highest BCUT2D eigenvalue weighted by atomic mass is 16.1. The summed E-state index contributed by atoms with van der Waals surface area (Å²) in [5.74, 6) is 0.0859. The molecule has 4 aromatic rings. The first-order chi connectivity index (χ1) is 14.2. The van der Waals surface area contributed by atoms with E-state index in [0.29, 0.717) is 6.54 Å². The Morgan fingerprint density at radius 2 is 1.72 bits per heavy atom. The zero-order chi connectivity index (χ0) is 20.2. The molecule has 3 heteroatoms. The molecule has 1 atom stereocenters. The quantitative estimate of drug-likeness (QED) is 0.400. The summed E-state index contributed by atoms with van der Waals surface area (Å²) in [4.78, 5) is 16.9. The average molecular weight is 383 g/mol. The van der Waals surface area contributed by atoms with Crippen LogP contribution in [0.25, 0.3) is 10.9 Å². The van der Waals surface area contributed by atoms with Gasteiger partial charge in [-0.1, -0.05) is 85.3 Å². The second-order valence-corrected chi connectivity index (χ2v) is 7.47. The van der Waals surface area contributed by atoms with Gasteiger partial charge < -0.3 is 4.98 Å². The van der Waals surface area contributed by atoms with Crippen LogP contribution < -0.4 is 5.32 Å². The lowest BCUT2D eigenvalue weighted by Gasteiger charge is -2.18. The number of Topliss-reactive ketones (excluding diaryl/α,β-unsaturated/α-hetero) is 1. The smallest absolute Gasteiger partial charge is 0.186 e. The average Bonchev–Trinajstić information content (AvgIpc) is 3.20. The molecule has 1 aromatic heterocycles. The molecule has 0 aliphatic rings. The van der Waals surface area contributed by atoms with E-state index in [4.69, 9.17) is 0 Å². The van der Waals surface area contributed by atoms with Crippen LogP contribution in [0.2, 0.25) is 0 Å². The molecule has 0 aliphatic heterocycles. The molecule has 0 amide bonds. The highest BCUT2D eigenvalue weighted by Gasteiger charge is 2.24. The molecule has 3 nitrogen and oxygen atoms in total. The number of aromatic amines is 1. The highest BCUT2D eigenvalue weighted by Crippen LogP contribution is 2.27. The van der Waals surface area contributed by atoms with Crippen LogP contribution in [0.3, 0.4) is 0 Å². The first kappa shape index (κ1) is 19.2. The first-order valence-electron chi connectivity index (χ1n) is 10.1.